The molecule has 0 radical (unpaired) electrons. The fraction of sp³-hybridized carbons (Fsp3) is 0.605. The summed E-state index contributed by atoms with van der Waals surface area (Å²) in [6.45, 7) is 19.2. The van der Waals surface area contributed by atoms with Crippen molar-refractivity contribution in [3.05, 3.63) is 108 Å². The van der Waals surface area contributed by atoms with Crippen LogP contribution < -0.4 is 26.6 Å². The summed E-state index contributed by atoms with van der Waals surface area (Å²) < 4.78 is 0. The summed E-state index contributed by atoms with van der Waals surface area (Å²) in [4.78, 5) is 189. The fourth-order valence-corrected chi connectivity index (χ4v) is 12.9. The number of piperidine rings is 1. The maximum atomic E-state index is 15.7. The van der Waals surface area contributed by atoms with Crippen LogP contribution in [0, 0.1) is 29.6 Å². The number of likely N-dealkylation sites (N-methyl/N-ethyl adjacent to an activating group) is 6. The number of aliphatic hydroxyl groups is 1. The first kappa shape index (κ1) is 82.9. The number of rotatable bonds is 16. The Balaban J connectivity index is 1.71. The molecule has 0 unspecified atom stereocenters. The van der Waals surface area contributed by atoms with Crippen LogP contribution in [0.15, 0.2) is 91.0 Å². The van der Waals surface area contributed by atoms with Crippen molar-refractivity contribution in [1.82, 2.24) is 60.9 Å². The molecule has 25 heteroatoms. The van der Waals surface area contributed by atoms with Gasteiger partial charge in [0.15, 0.2) is 0 Å². The lowest BCUT2D eigenvalue weighted by Gasteiger charge is -2.38. The molecule has 101 heavy (non-hydrogen) atoms. The van der Waals surface area contributed by atoms with Crippen molar-refractivity contribution in [3.8, 4) is 0 Å². The van der Waals surface area contributed by atoms with Crippen LogP contribution in [-0.2, 0) is 76.8 Å². The molecule has 25 nitrogen and oxygen atoms in total. The van der Waals surface area contributed by atoms with Crippen molar-refractivity contribution in [2.45, 2.75) is 207 Å². The molecule has 0 saturated carbocycles. The largest absolute Gasteiger partial charge is 0.391 e. The minimum Gasteiger partial charge on any atom is -0.391 e. The van der Waals surface area contributed by atoms with Crippen LogP contribution >= 0.6 is 0 Å². The molecule has 11 atom stereocenters. The van der Waals surface area contributed by atoms with Gasteiger partial charge in [-0.1, -0.05) is 160 Å². The Morgan fingerprint density at radius 1 is 0.416 bits per heavy atom. The summed E-state index contributed by atoms with van der Waals surface area (Å²) in [6, 6.07) is 13.1. The number of aliphatic hydroxyl groups excluding tert-OH is 1. The van der Waals surface area contributed by atoms with Crippen LogP contribution in [0.2, 0.25) is 0 Å². The molecule has 3 aromatic rings. The molecule has 0 spiro atoms. The number of carbonyl (C=O) groups is 12. The van der Waals surface area contributed by atoms with Gasteiger partial charge in [0.2, 0.25) is 70.9 Å². The maximum Gasteiger partial charge on any atom is 0.248 e. The first-order chi connectivity index (χ1) is 47.5. The van der Waals surface area contributed by atoms with E-state index in [0.717, 1.165) is 11.3 Å². The first-order valence-electron chi connectivity index (χ1n) is 35.7. The molecule has 2 aliphatic rings. The zero-order chi connectivity index (χ0) is 75.3. The van der Waals surface area contributed by atoms with Crippen molar-refractivity contribution in [1.29, 1.82) is 0 Å². The average Bonchev–Trinajstić information content (AvgIpc) is 0.813. The van der Waals surface area contributed by atoms with Gasteiger partial charge >= 0.3 is 0 Å². The minimum absolute atomic E-state index is 0.0545. The Morgan fingerprint density at radius 2 is 0.792 bits per heavy atom. The second kappa shape index (κ2) is 38.9. The van der Waals surface area contributed by atoms with Gasteiger partial charge in [-0.15, -0.1) is 0 Å². The molecule has 2 saturated heterocycles. The van der Waals surface area contributed by atoms with E-state index in [-0.39, 0.29) is 56.3 Å². The molecule has 3 aromatic carbocycles. The van der Waals surface area contributed by atoms with Gasteiger partial charge in [-0.05, 0) is 91.7 Å². The Kier molecular flexibility index (Phi) is 31.9. The molecule has 5 rings (SSSR count). The maximum absolute atomic E-state index is 15.7. The van der Waals surface area contributed by atoms with E-state index in [1.54, 1.807) is 124 Å². The number of nitrogens with one attached hydrogen (secondary N) is 5. The molecule has 2 fully saturated rings. The van der Waals surface area contributed by atoms with Crippen molar-refractivity contribution in [2.24, 2.45) is 29.6 Å². The Morgan fingerprint density at radius 3 is 1.23 bits per heavy atom. The van der Waals surface area contributed by atoms with E-state index >= 15 is 28.8 Å². The lowest BCUT2D eigenvalue weighted by atomic mass is 9.96. The summed E-state index contributed by atoms with van der Waals surface area (Å²) in [7, 11) is 8.38. The van der Waals surface area contributed by atoms with Crippen molar-refractivity contribution >= 4 is 70.9 Å². The van der Waals surface area contributed by atoms with Crippen LogP contribution in [0.25, 0.3) is 0 Å². The van der Waals surface area contributed by atoms with Gasteiger partial charge in [0.05, 0.1) is 19.1 Å². The van der Waals surface area contributed by atoms with E-state index in [1.165, 1.54) is 73.7 Å². The van der Waals surface area contributed by atoms with E-state index < -0.39 is 162 Å². The van der Waals surface area contributed by atoms with Crippen LogP contribution in [0.3, 0.4) is 0 Å². The SMILES string of the molecule is CC(C)C[C@@H]1NC(=O)[C@H](Cc2ccccc2)N(C)C(=O)[C@@H](C(C)C)NC(=O)C[C@@H](C(=O)N2CCCCC2)NC(=O)[C@H](Cc2ccccc2)N(C)C(=O)[C@H](Cc2ccccc2)N(C)C(=O)[C@H](C(C)C)NC(=O)[C@H](CC(C)C)N(C)C(=O)CN(C)C(=O)[C@H]([C@@H](C)O)NC(=O)[C@H](CC(C)C)N(C)C1=O. The summed E-state index contributed by atoms with van der Waals surface area (Å²) in [5.41, 5.74) is 1.93. The van der Waals surface area contributed by atoms with E-state index in [9.17, 15) is 33.9 Å². The Labute approximate surface area is 598 Å². The molecule has 2 heterocycles. The van der Waals surface area contributed by atoms with Gasteiger partial charge in [-0.2, -0.15) is 0 Å². The smallest absolute Gasteiger partial charge is 0.248 e. The molecular formula is C76H114N12O13. The average molecular weight is 1400 g/mol. The molecule has 2 aliphatic heterocycles. The van der Waals surface area contributed by atoms with Crippen molar-refractivity contribution in [2.75, 3.05) is 61.9 Å². The number of hydrogen-bond acceptors (Lipinski definition) is 13. The fourth-order valence-electron chi connectivity index (χ4n) is 12.9. The monoisotopic (exact) mass is 1400 g/mol. The van der Waals surface area contributed by atoms with E-state index in [1.807, 2.05) is 41.5 Å². The molecule has 12 amide bonds. The van der Waals surface area contributed by atoms with Gasteiger partial charge < -0.3 is 66.0 Å². The Bertz CT molecular complexity index is 3290. The van der Waals surface area contributed by atoms with Crippen LogP contribution in [-0.4, -0.2) is 239 Å². The molecule has 0 aliphatic carbocycles. The quantitative estimate of drug-likeness (QED) is 0.118. The molecular weight excluding hydrogens is 1290 g/mol. The molecule has 6 N–H and O–H groups in total. The summed E-state index contributed by atoms with van der Waals surface area (Å²) >= 11 is 0. The third-order valence-corrected chi connectivity index (χ3v) is 19.1. The van der Waals surface area contributed by atoms with Crippen LogP contribution in [0.5, 0.6) is 0 Å². The molecule has 0 aromatic heterocycles. The number of likely N-dealkylation sites (tertiary alicyclic amines) is 1. The highest BCUT2D eigenvalue weighted by Gasteiger charge is 2.44. The first-order valence-corrected chi connectivity index (χ1v) is 35.7. The standard InChI is InChI=1S/C76H114N12O13/c1-46(2)38-55-71(96)84(14)58(40-48(5)6)70(95)81-66(51(11)89)74(99)82(12)45-63(91)83(13)57(39-47(3)4)69(94)80-65(50(9)10)76(101)87(17)61(43-54-34-26-20-27-35-54)73(98)85(15)59(41-52-30-22-18-23-31-52)67(92)78-56(72(97)88-36-28-21-29-37-88)44-62(90)79-64(49(7)8)75(100)86(16)60(68(93)77-55)42-53-32-24-19-25-33-53/h18-20,22-27,30-35,46-51,55-61,64-66,89H,21,28-29,36-45H2,1-17H3,(H,77,93)(H,78,92)(H,79,90)(H,80,94)(H,81,95)/t51-,55+,56+,57+,58+,59+,60+,61+,64-,65+,66+/m1/s1. The zero-order valence-corrected chi connectivity index (χ0v) is 62.6. The topological polar surface area (TPSA) is 308 Å². The minimum atomic E-state index is -1.65. The molecule has 0 bridgehead atoms. The van der Waals surface area contributed by atoms with Gasteiger partial charge in [0.25, 0.3) is 0 Å². The van der Waals surface area contributed by atoms with Crippen LogP contribution in [0.4, 0.5) is 0 Å². The van der Waals surface area contributed by atoms with Gasteiger partial charge in [-0.25, -0.2) is 0 Å². The summed E-state index contributed by atoms with van der Waals surface area (Å²) in [5.74, 6) is -10.6. The number of carbonyl (C=O) groups excluding carboxylic acids is 12. The van der Waals surface area contributed by atoms with Gasteiger partial charge in [0.1, 0.15) is 60.4 Å². The number of amides is 12. The third kappa shape index (κ3) is 23.7. The highest BCUT2D eigenvalue weighted by molar-refractivity contribution is 6.00. The number of nitrogens with zero attached hydrogens (tertiary/aromatic N) is 7. The highest BCUT2D eigenvalue weighted by Crippen LogP contribution is 2.23. The predicted octanol–water partition coefficient (Wildman–Crippen LogP) is 3.98. The highest BCUT2D eigenvalue weighted by atomic mass is 16.3. The third-order valence-electron chi connectivity index (χ3n) is 19.1. The van der Waals surface area contributed by atoms with Gasteiger partial charge in [0, 0.05) is 74.6 Å². The number of hydrogen-bond donors (Lipinski definition) is 6. The second-order valence-electron chi connectivity index (χ2n) is 29.5. The normalized spacial score (nSPS) is 24.8. The van der Waals surface area contributed by atoms with Gasteiger partial charge in [-0.3, -0.25) is 57.5 Å². The zero-order valence-electron chi connectivity index (χ0n) is 62.6. The lowest BCUT2D eigenvalue weighted by molar-refractivity contribution is -0.150. The second-order valence-corrected chi connectivity index (χ2v) is 29.5. The summed E-state index contributed by atoms with van der Waals surface area (Å²) in [5, 5.41) is 25.4. The Hall–Kier alpha value is -8.74. The predicted molar refractivity (Wildman–Crippen MR) is 385 cm³/mol. The van der Waals surface area contributed by atoms with Crippen LogP contribution in [0.1, 0.15) is 138 Å². The van der Waals surface area contributed by atoms with E-state index in [0.29, 0.717) is 42.6 Å². The van der Waals surface area contributed by atoms with Crippen molar-refractivity contribution in [3.63, 3.8) is 0 Å². The lowest BCUT2D eigenvalue weighted by Crippen LogP contribution is -2.62. The summed E-state index contributed by atoms with van der Waals surface area (Å²) in [6.07, 6.45) is 0.0107. The molecule has 556 valence electrons. The van der Waals surface area contributed by atoms with E-state index in [2.05, 4.69) is 26.6 Å². The van der Waals surface area contributed by atoms with Crippen molar-refractivity contribution < 1.29 is 62.6 Å². The number of benzene rings is 3. The van der Waals surface area contributed by atoms with E-state index in [4.69, 9.17) is 0 Å².